The predicted molar refractivity (Wildman–Crippen MR) is 48.8 cm³/mol. The highest BCUT2D eigenvalue weighted by Gasteiger charge is 2.07. The van der Waals surface area contributed by atoms with Gasteiger partial charge in [-0.05, 0) is 23.7 Å². The van der Waals surface area contributed by atoms with Crippen LogP contribution in [0.5, 0.6) is 5.75 Å². The quantitative estimate of drug-likeness (QED) is 0.453. The molecule has 0 aliphatic heterocycles. The molecule has 0 spiro atoms. The molecule has 6 nitrogen and oxygen atoms in total. The van der Waals surface area contributed by atoms with Crippen LogP contribution in [0, 0.1) is 0 Å². The van der Waals surface area contributed by atoms with Gasteiger partial charge >= 0.3 is 5.97 Å². The minimum Gasteiger partial charge on any atom is -0.496 e. The van der Waals surface area contributed by atoms with Gasteiger partial charge in [0.2, 0.25) is 0 Å². The molecule has 0 radical (unpaired) electrons. The summed E-state index contributed by atoms with van der Waals surface area (Å²) in [6, 6.07) is 4.03. The number of carboxylic acid groups (broad SMARTS) is 1. The summed E-state index contributed by atoms with van der Waals surface area (Å²) in [6.45, 7) is 0. The van der Waals surface area contributed by atoms with E-state index in [9.17, 15) is 4.79 Å². The van der Waals surface area contributed by atoms with Crippen LogP contribution in [0.4, 0.5) is 5.69 Å². The molecule has 0 aliphatic carbocycles. The van der Waals surface area contributed by atoms with Crippen LogP contribution in [-0.2, 0) is 0 Å². The molecular weight excluding hydrogens is 186 g/mol. The lowest BCUT2D eigenvalue weighted by atomic mass is 10.2. The van der Waals surface area contributed by atoms with Crippen molar-refractivity contribution < 1.29 is 14.6 Å². The number of aromatic carboxylic acids is 1. The molecule has 1 aromatic carbocycles. The Labute approximate surface area is 79.4 Å². The highest BCUT2D eigenvalue weighted by molar-refractivity contribution is 5.88. The van der Waals surface area contributed by atoms with Crippen LogP contribution >= 0.6 is 0 Å². The van der Waals surface area contributed by atoms with Crippen LogP contribution in [0.2, 0.25) is 0 Å². The van der Waals surface area contributed by atoms with E-state index in [4.69, 9.17) is 15.4 Å². The van der Waals surface area contributed by atoms with Crippen molar-refractivity contribution in [3.05, 3.63) is 34.2 Å². The van der Waals surface area contributed by atoms with E-state index >= 15 is 0 Å². The first-order valence-electron chi connectivity index (χ1n) is 3.65. The third-order valence-corrected chi connectivity index (χ3v) is 1.58. The van der Waals surface area contributed by atoms with Crippen LogP contribution in [-0.4, -0.2) is 18.2 Å². The molecule has 6 heteroatoms. The molecule has 0 unspecified atom stereocenters. The van der Waals surface area contributed by atoms with Gasteiger partial charge in [0.1, 0.15) is 5.75 Å². The Morgan fingerprint density at radius 2 is 2.36 bits per heavy atom. The second kappa shape index (κ2) is 4.15. The highest BCUT2D eigenvalue weighted by Crippen LogP contribution is 2.28. The molecule has 0 heterocycles. The molecule has 0 saturated heterocycles. The first-order chi connectivity index (χ1) is 6.69. The number of carboxylic acids is 1. The van der Waals surface area contributed by atoms with Crippen molar-refractivity contribution in [3.8, 4) is 5.75 Å². The van der Waals surface area contributed by atoms with Crippen LogP contribution < -0.4 is 4.74 Å². The largest absolute Gasteiger partial charge is 0.496 e. The van der Waals surface area contributed by atoms with Crippen molar-refractivity contribution in [3.63, 3.8) is 0 Å². The fourth-order valence-electron chi connectivity index (χ4n) is 0.941. The predicted octanol–water partition coefficient (Wildman–Crippen LogP) is 2.34. The van der Waals surface area contributed by atoms with Crippen LogP contribution in [0.3, 0.4) is 0 Å². The molecule has 14 heavy (non-hydrogen) atoms. The monoisotopic (exact) mass is 193 g/mol. The zero-order chi connectivity index (χ0) is 10.6. The van der Waals surface area contributed by atoms with E-state index in [1.54, 1.807) is 0 Å². The summed E-state index contributed by atoms with van der Waals surface area (Å²) < 4.78 is 4.86. The number of azide groups is 1. The van der Waals surface area contributed by atoms with Gasteiger partial charge in [-0.3, -0.25) is 0 Å². The lowest BCUT2D eigenvalue weighted by molar-refractivity contribution is 0.0696. The Morgan fingerprint density at radius 3 is 2.86 bits per heavy atom. The highest BCUT2D eigenvalue weighted by atomic mass is 16.5. The van der Waals surface area contributed by atoms with Crippen molar-refractivity contribution in [2.24, 2.45) is 5.11 Å². The molecule has 0 amide bonds. The third-order valence-electron chi connectivity index (χ3n) is 1.58. The van der Waals surface area contributed by atoms with Gasteiger partial charge in [-0.25, -0.2) is 4.79 Å². The Balaban J connectivity index is 3.24. The van der Waals surface area contributed by atoms with Crippen molar-refractivity contribution in [1.29, 1.82) is 0 Å². The molecule has 72 valence electrons. The number of ether oxygens (including phenoxy) is 1. The lowest BCUT2D eigenvalue weighted by Gasteiger charge is -2.04. The van der Waals surface area contributed by atoms with Crippen molar-refractivity contribution in [2.45, 2.75) is 0 Å². The van der Waals surface area contributed by atoms with Gasteiger partial charge in [0.25, 0.3) is 0 Å². The molecule has 0 fully saturated rings. The summed E-state index contributed by atoms with van der Waals surface area (Å²) in [5.41, 5.74) is 8.55. The van der Waals surface area contributed by atoms with Gasteiger partial charge in [0.05, 0.1) is 18.4 Å². The number of rotatable bonds is 3. The van der Waals surface area contributed by atoms with Crippen molar-refractivity contribution in [1.82, 2.24) is 0 Å². The fraction of sp³-hybridized carbons (Fsp3) is 0.125. The molecule has 1 N–H and O–H groups in total. The summed E-state index contributed by atoms with van der Waals surface area (Å²) in [6.07, 6.45) is 0. The second-order valence-electron chi connectivity index (χ2n) is 2.38. The van der Waals surface area contributed by atoms with E-state index in [0.717, 1.165) is 0 Å². The number of carbonyl (C=O) groups is 1. The SMILES string of the molecule is COc1cc(C(=O)O)ccc1N=[N+]=[N-]. The zero-order valence-electron chi connectivity index (χ0n) is 7.34. The van der Waals surface area contributed by atoms with E-state index in [-0.39, 0.29) is 17.0 Å². The number of hydrogen-bond acceptors (Lipinski definition) is 3. The summed E-state index contributed by atoms with van der Waals surface area (Å²) >= 11 is 0. The first-order valence-corrected chi connectivity index (χ1v) is 3.65. The van der Waals surface area contributed by atoms with E-state index in [1.165, 1.54) is 25.3 Å². The van der Waals surface area contributed by atoms with Gasteiger partial charge in [-0.15, -0.1) is 0 Å². The molecule has 0 aromatic heterocycles. The first kappa shape index (κ1) is 9.88. The smallest absolute Gasteiger partial charge is 0.335 e. The standard InChI is InChI=1S/C8H7N3O3/c1-14-7-4-5(8(12)13)2-3-6(7)10-11-9/h2-4H,1H3,(H,12,13). The minimum absolute atomic E-state index is 0.0822. The Bertz CT molecular complexity index is 410. The topological polar surface area (TPSA) is 95.3 Å². The third kappa shape index (κ3) is 1.94. The molecule has 0 aliphatic rings. The van der Waals surface area contributed by atoms with E-state index in [2.05, 4.69) is 10.0 Å². The summed E-state index contributed by atoms with van der Waals surface area (Å²) in [5, 5.41) is 12.0. The summed E-state index contributed by atoms with van der Waals surface area (Å²) in [4.78, 5) is 13.2. The normalized spacial score (nSPS) is 8.93. The van der Waals surface area contributed by atoms with Gasteiger partial charge in [0, 0.05) is 4.91 Å². The average molecular weight is 193 g/mol. The minimum atomic E-state index is -1.06. The summed E-state index contributed by atoms with van der Waals surface area (Å²) in [5.74, 6) is -0.821. The molecule has 0 saturated carbocycles. The Hall–Kier alpha value is -2.20. The second-order valence-corrected chi connectivity index (χ2v) is 2.38. The van der Waals surface area contributed by atoms with Crippen molar-refractivity contribution in [2.75, 3.05) is 7.11 Å². The van der Waals surface area contributed by atoms with Gasteiger partial charge in [0.15, 0.2) is 0 Å². The van der Waals surface area contributed by atoms with E-state index in [1.807, 2.05) is 0 Å². The van der Waals surface area contributed by atoms with Crippen LogP contribution in [0.25, 0.3) is 10.4 Å². The summed E-state index contributed by atoms with van der Waals surface area (Å²) in [7, 11) is 1.37. The maximum atomic E-state index is 10.6. The molecule has 1 rings (SSSR count). The van der Waals surface area contributed by atoms with Gasteiger partial charge < -0.3 is 9.84 Å². The van der Waals surface area contributed by atoms with Crippen LogP contribution in [0.15, 0.2) is 23.3 Å². The van der Waals surface area contributed by atoms with Gasteiger partial charge in [-0.1, -0.05) is 5.11 Å². The molecule has 1 aromatic rings. The fourth-order valence-corrected chi connectivity index (χ4v) is 0.941. The maximum absolute atomic E-state index is 10.6. The zero-order valence-corrected chi connectivity index (χ0v) is 7.34. The molecular formula is C8H7N3O3. The lowest BCUT2D eigenvalue weighted by Crippen LogP contribution is -1.96. The Kier molecular flexibility index (Phi) is 2.93. The molecule has 0 bridgehead atoms. The van der Waals surface area contributed by atoms with Gasteiger partial charge in [-0.2, -0.15) is 0 Å². The van der Waals surface area contributed by atoms with Crippen LogP contribution in [0.1, 0.15) is 10.4 Å². The number of nitrogens with zero attached hydrogens (tertiary/aromatic N) is 3. The average Bonchev–Trinajstić information content (AvgIpc) is 2.18. The van der Waals surface area contributed by atoms with E-state index < -0.39 is 5.97 Å². The van der Waals surface area contributed by atoms with E-state index in [0.29, 0.717) is 0 Å². The number of methoxy groups -OCH3 is 1. The number of benzene rings is 1. The van der Waals surface area contributed by atoms with Crippen molar-refractivity contribution >= 4 is 11.7 Å². The number of hydrogen-bond donors (Lipinski definition) is 1. The molecule has 0 atom stereocenters. The maximum Gasteiger partial charge on any atom is 0.335 e. The Morgan fingerprint density at radius 1 is 1.64 bits per heavy atom.